The zero-order valence-corrected chi connectivity index (χ0v) is 13.9. The van der Waals surface area contributed by atoms with Gasteiger partial charge in [-0.15, -0.1) is 24.8 Å². The van der Waals surface area contributed by atoms with E-state index in [1.165, 1.54) is 12.1 Å². The molecule has 0 radical (unpaired) electrons. The average Bonchev–Trinajstić information content (AvgIpc) is 2.41. The van der Waals surface area contributed by atoms with E-state index in [0.29, 0.717) is 26.2 Å². The Morgan fingerprint density at radius 1 is 1.18 bits per heavy atom. The minimum atomic E-state index is -4.54. The summed E-state index contributed by atoms with van der Waals surface area (Å²) < 4.78 is 52.6. The normalized spacial score (nSPS) is 17.3. The third-order valence-corrected chi connectivity index (χ3v) is 3.65. The number of nitrogens with zero attached hydrogens (tertiary/aromatic N) is 1. The SMILES string of the molecule is Cl.Cl.FC[C@@H](c1ccc(Cl)cc1C(F)(F)F)N1CCNCC1. The van der Waals surface area contributed by atoms with Crippen LogP contribution in [0.2, 0.25) is 5.02 Å². The molecule has 0 aromatic heterocycles. The molecule has 2 rings (SSSR count). The molecule has 0 saturated carbocycles. The Bertz CT molecular complexity index is 465. The first-order valence-electron chi connectivity index (χ1n) is 6.31. The summed E-state index contributed by atoms with van der Waals surface area (Å²) in [6.45, 7) is 1.48. The first kappa shape index (κ1) is 21.7. The van der Waals surface area contributed by atoms with Crippen molar-refractivity contribution in [2.45, 2.75) is 12.2 Å². The van der Waals surface area contributed by atoms with E-state index in [1.54, 1.807) is 4.90 Å². The molecule has 128 valence electrons. The van der Waals surface area contributed by atoms with E-state index in [-0.39, 0.29) is 35.4 Å². The second-order valence-electron chi connectivity index (χ2n) is 4.69. The lowest BCUT2D eigenvalue weighted by Crippen LogP contribution is -2.46. The van der Waals surface area contributed by atoms with E-state index >= 15 is 0 Å². The largest absolute Gasteiger partial charge is 0.416 e. The molecule has 1 heterocycles. The van der Waals surface area contributed by atoms with E-state index < -0.39 is 24.5 Å². The Kier molecular flexibility index (Phi) is 9.02. The Labute approximate surface area is 144 Å². The van der Waals surface area contributed by atoms with Gasteiger partial charge in [0.2, 0.25) is 0 Å². The topological polar surface area (TPSA) is 15.3 Å². The zero-order chi connectivity index (χ0) is 14.8. The number of halogens is 7. The highest BCUT2D eigenvalue weighted by Crippen LogP contribution is 2.38. The Morgan fingerprint density at radius 3 is 2.27 bits per heavy atom. The predicted octanol–water partition coefficient (Wildman–Crippen LogP) is 4.12. The van der Waals surface area contributed by atoms with Crippen molar-refractivity contribution in [1.82, 2.24) is 10.2 Å². The van der Waals surface area contributed by atoms with E-state index in [2.05, 4.69) is 5.32 Å². The highest BCUT2D eigenvalue weighted by atomic mass is 35.5. The predicted molar refractivity (Wildman–Crippen MR) is 84.1 cm³/mol. The average molecular weight is 384 g/mol. The van der Waals surface area contributed by atoms with Crippen molar-refractivity contribution >= 4 is 36.4 Å². The summed E-state index contributed by atoms with van der Waals surface area (Å²) in [4.78, 5) is 1.73. The molecule has 1 aliphatic rings. The number of hydrogen-bond donors (Lipinski definition) is 1. The van der Waals surface area contributed by atoms with Crippen LogP contribution in [-0.2, 0) is 6.18 Å². The van der Waals surface area contributed by atoms with Crippen molar-refractivity contribution in [3.63, 3.8) is 0 Å². The second kappa shape index (κ2) is 9.13. The summed E-state index contributed by atoms with van der Waals surface area (Å²) in [6, 6.07) is 2.63. The van der Waals surface area contributed by atoms with Crippen molar-refractivity contribution in [3.05, 3.63) is 34.3 Å². The Hall–Kier alpha value is -0.270. The minimum Gasteiger partial charge on any atom is -0.314 e. The second-order valence-corrected chi connectivity index (χ2v) is 5.12. The molecule has 1 fully saturated rings. The fourth-order valence-corrected chi connectivity index (χ4v) is 2.61. The molecule has 1 aromatic carbocycles. The van der Waals surface area contributed by atoms with Crippen LogP contribution >= 0.6 is 36.4 Å². The van der Waals surface area contributed by atoms with Crippen LogP contribution in [0.1, 0.15) is 17.2 Å². The van der Waals surface area contributed by atoms with Gasteiger partial charge in [-0.2, -0.15) is 13.2 Å². The van der Waals surface area contributed by atoms with Crippen molar-refractivity contribution in [1.29, 1.82) is 0 Å². The summed E-state index contributed by atoms with van der Waals surface area (Å²) in [6.07, 6.45) is -4.54. The molecule has 0 unspecified atom stereocenters. The molecule has 1 N–H and O–H groups in total. The van der Waals surface area contributed by atoms with Crippen LogP contribution in [0, 0.1) is 0 Å². The molecule has 22 heavy (non-hydrogen) atoms. The number of alkyl halides is 4. The van der Waals surface area contributed by atoms with Crippen molar-refractivity contribution in [2.24, 2.45) is 0 Å². The van der Waals surface area contributed by atoms with Gasteiger partial charge in [-0.25, -0.2) is 4.39 Å². The van der Waals surface area contributed by atoms with E-state index in [1.807, 2.05) is 0 Å². The van der Waals surface area contributed by atoms with E-state index in [0.717, 1.165) is 6.07 Å². The van der Waals surface area contributed by atoms with Crippen LogP contribution in [0.25, 0.3) is 0 Å². The maximum absolute atomic E-state index is 13.3. The molecule has 1 saturated heterocycles. The molecule has 9 heteroatoms. The number of benzene rings is 1. The number of nitrogens with one attached hydrogen (secondary N) is 1. The van der Waals surface area contributed by atoms with Gasteiger partial charge in [-0.3, -0.25) is 4.90 Å². The van der Waals surface area contributed by atoms with Crippen LogP contribution in [0.15, 0.2) is 18.2 Å². The van der Waals surface area contributed by atoms with Crippen molar-refractivity contribution in [2.75, 3.05) is 32.9 Å². The lowest BCUT2D eigenvalue weighted by molar-refractivity contribution is -0.138. The van der Waals surface area contributed by atoms with Gasteiger partial charge in [0.25, 0.3) is 0 Å². The highest BCUT2D eigenvalue weighted by Gasteiger charge is 2.37. The van der Waals surface area contributed by atoms with Gasteiger partial charge in [-0.05, 0) is 17.7 Å². The quantitative estimate of drug-likeness (QED) is 0.790. The molecule has 0 aliphatic carbocycles. The zero-order valence-electron chi connectivity index (χ0n) is 11.5. The first-order valence-corrected chi connectivity index (χ1v) is 6.68. The van der Waals surface area contributed by atoms with E-state index in [9.17, 15) is 17.6 Å². The fourth-order valence-electron chi connectivity index (χ4n) is 2.44. The highest BCUT2D eigenvalue weighted by molar-refractivity contribution is 6.30. The number of hydrogen-bond acceptors (Lipinski definition) is 2. The smallest absolute Gasteiger partial charge is 0.314 e. The van der Waals surface area contributed by atoms with Gasteiger partial charge >= 0.3 is 6.18 Å². The Balaban J connectivity index is 0.00000220. The molecule has 2 nitrogen and oxygen atoms in total. The summed E-state index contributed by atoms with van der Waals surface area (Å²) in [5.74, 6) is 0. The summed E-state index contributed by atoms with van der Waals surface area (Å²) in [5.41, 5.74) is -0.905. The molecular weight excluding hydrogens is 367 g/mol. The lowest BCUT2D eigenvalue weighted by Gasteiger charge is -2.34. The molecule has 0 bridgehead atoms. The minimum absolute atomic E-state index is 0. The monoisotopic (exact) mass is 382 g/mol. The molecule has 0 spiro atoms. The van der Waals surface area contributed by atoms with Crippen LogP contribution < -0.4 is 5.32 Å². The third-order valence-electron chi connectivity index (χ3n) is 3.42. The molecular formula is C13H17Cl3F4N2. The molecule has 0 amide bonds. The molecule has 1 aromatic rings. The van der Waals surface area contributed by atoms with Gasteiger partial charge in [0.15, 0.2) is 0 Å². The first-order chi connectivity index (χ1) is 9.43. The van der Waals surface area contributed by atoms with Gasteiger partial charge < -0.3 is 5.32 Å². The van der Waals surface area contributed by atoms with Crippen LogP contribution in [0.5, 0.6) is 0 Å². The van der Waals surface area contributed by atoms with Crippen molar-refractivity contribution < 1.29 is 17.6 Å². The molecule has 1 aliphatic heterocycles. The third kappa shape index (κ3) is 5.13. The summed E-state index contributed by atoms with van der Waals surface area (Å²) >= 11 is 5.64. The van der Waals surface area contributed by atoms with Crippen LogP contribution in [-0.4, -0.2) is 37.8 Å². The Morgan fingerprint density at radius 2 is 1.77 bits per heavy atom. The number of rotatable bonds is 3. The standard InChI is InChI=1S/C13H15ClF4N2.2ClH/c14-9-1-2-10(11(7-9)13(16,17)18)12(8-15)20-5-3-19-4-6-20;;/h1-2,7,12,19H,3-6,8H2;2*1H/t12-;;/m0../s1. The molecule has 1 atom stereocenters. The van der Waals surface area contributed by atoms with Gasteiger partial charge in [-0.1, -0.05) is 17.7 Å². The fraction of sp³-hybridized carbons (Fsp3) is 0.538. The van der Waals surface area contributed by atoms with Gasteiger partial charge in [0.1, 0.15) is 6.67 Å². The number of piperazine rings is 1. The van der Waals surface area contributed by atoms with Gasteiger partial charge in [0.05, 0.1) is 11.6 Å². The van der Waals surface area contributed by atoms with Crippen molar-refractivity contribution in [3.8, 4) is 0 Å². The summed E-state index contributed by atoms with van der Waals surface area (Å²) in [7, 11) is 0. The van der Waals surface area contributed by atoms with E-state index in [4.69, 9.17) is 11.6 Å². The summed E-state index contributed by atoms with van der Waals surface area (Å²) in [5, 5.41) is 3.09. The maximum atomic E-state index is 13.3. The van der Waals surface area contributed by atoms with Crippen LogP contribution in [0.4, 0.5) is 17.6 Å². The lowest BCUT2D eigenvalue weighted by atomic mass is 9.99. The van der Waals surface area contributed by atoms with Crippen LogP contribution in [0.3, 0.4) is 0 Å². The van der Waals surface area contributed by atoms with Gasteiger partial charge in [0, 0.05) is 31.2 Å². The maximum Gasteiger partial charge on any atom is 0.416 e.